The van der Waals surface area contributed by atoms with Crippen molar-refractivity contribution in [2.45, 2.75) is 52.2 Å². The summed E-state index contributed by atoms with van der Waals surface area (Å²) in [6.45, 7) is 5.61. The first-order valence-electron chi connectivity index (χ1n) is 12.9. The monoisotopic (exact) mass is 661 g/mol. The van der Waals surface area contributed by atoms with E-state index in [1.54, 1.807) is 24.3 Å². The zero-order chi connectivity index (χ0) is 28.6. The third-order valence-corrected chi connectivity index (χ3v) is 8.53. The summed E-state index contributed by atoms with van der Waals surface area (Å²) in [5.74, 6) is -0.724. The zero-order valence-corrected chi connectivity index (χ0v) is 25.8. The Bertz CT molecular complexity index is 1360. The number of hydrogen-bond donors (Lipinski definition) is 1. The number of carbonyl (C=O) groups is 2. The molecule has 2 atom stereocenters. The van der Waals surface area contributed by atoms with E-state index in [-0.39, 0.29) is 18.5 Å². The van der Waals surface area contributed by atoms with Crippen LogP contribution in [-0.4, -0.2) is 50.0 Å². The maximum absolute atomic E-state index is 14.1. The first-order chi connectivity index (χ1) is 18.5. The van der Waals surface area contributed by atoms with Gasteiger partial charge in [0.1, 0.15) is 12.6 Å². The largest absolute Gasteiger partial charge is 0.352 e. The third-order valence-electron chi connectivity index (χ3n) is 6.67. The molecule has 0 saturated heterocycles. The van der Waals surface area contributed by atoms with Gasteiger partial charge in [0.25, 0.3) is 0 Å². The molecule has 39 heavy (non-hydrogen) atoms. The number of sulfonamides is 1. The molecule has 1 N–H and O–H groups in total. The molecule has 2 amide bonds. The molecule has 0 bridgehead atoms. The molecule has 0 aromatic heterocycles. The molecule has 0 aliphatic carbocycles. The normalized spacial score (nSPS) is 12.8. The van der Waals surface area contributed by atoms with Gasteiger partial charge in [0.2, 0.25) is 21.8 Å². The topological polar surface area (TPSA) is 86.8 Å². The van der Waals surface area contributed by atoms with Crippen molar-refractivity contribution in [3.8, 4) is 0 Å². The van der Waals surface area contributed by atoms with Crippen LogP contribution in [0.4, 0.5) is 5.69 Å². The van der Waals surface area contributed by atoms with Crippen molar-refractivity contribution in [2.75, 3.05) is 17.1 Å². The highest BCUT2D eigenvalue weighted by Gasteiger charge is 2.33. The Balaban J connectivity index is 2.06. The predicted molar refractivity (Wildman–Crippen MR) is 165 cm³/mol. The van der Waals surface area contributed by atoms with E-state index in [1.165, 1.54) is 4.90 Å². The van der Waals surface area contributed by atoms with Gasteiger partial charge < -0.3 is 10.2 Å². The maximum atomic E-state index is 14.1. The third kappa shape index (κ3) is 8.79. The van der Waals surface area contributed by atoms with E-state index >= 15 is 0 Å². The summed E-state index contributed by atoms with van der Waals surface area (Å²) in [6.07, 6.45) is 2.12. The van der Waals surface area contributed by atoms with Crippen molar-refractivity contribution < 1.29 is 18.0 Å². The van der Waals surface area contributed by atoms with Crippen LogP contribution in [0.3, 0.4) is 0 Å². The summed E-state index contributed by atoms with van der Waals surface area (Å²) in [6, 6.07) is 23.3. The van der Waals surface area contributed by atoms with Gasteiger partial charge in [-0.25, -0.2) is 8.42 Å². The molecule has 208 valence electrons. The Hall–Kier alpha value is -2.92. The van der Waals surface area contributed by atoms with Gasteiger partial charge in [-0.15, -0.1) is 0 Å². The van der Waals surface area contributed by atoms with Crippen LogP contribution in [0.5, 0.6) is 0 Å². The van der Waals surface area contributed by atoms with Gasteiger partial charge in [-0.2, -0.15) is 0 Å². The lowest BCUT2D eigenvalue weighted by molar-refractivity contribution is -0.140. The summed E-state index contributed by atoms with van der Waals surface area (Å²) in [5, 5.41) is 3.04. The van der Waals surface area contributed by atoms with Crippen LogP contribution in [0.15, 0.2) is 78.9 Å². The SMILES string of the molecule is CC[C@H](C)NC(=O)[C@@H](Cc1ccccc1)N(Cc1ccccc1C)C(=O)CN(c1ccc(I)cc1)S(C)(=O)=O. The number of halogens is 1. The molecule has 3 aromatic carbocycles. The van der Waals surface area contributed by atoms with Crippen molar-refractivity contribution in [2.24, 2.45) is 0 Å². The minimum atomic E-state index is -3.79. The fraction of sp³-hybridized carbons (Fsp3) is 0.333. The Morgan fingerprint density at radius 2 is 1.56 bits per heavy atom. The lowest BCUT2D eigenvalue weighted by Crippen LogP contribution is -2.54. The first-order valence-corrected chi connectivity index (χ1v) is 15.8. The summed E-state index contributed by atoms with van der Waals surface area (Å²) in [7, 11) is -3.79. The van der Waals surface area contributed by atoms with E-state index in [1.807, 2.05) is 75.4 Å². The van der Waals surface area contributed by atoms with Crippen molar-refractivity contribution in [1.82, 2.24) is 10.2 Å². The molecule has 9 heteroatoms. The van der Waals surface area contributed by atoms with Gasteiger partial charge in [0.05, 0.1) is 11.9 Å². The summed E-state index contributed by atoms with van der Waals surface area (Å²) < 4.78 is 27.7. The molecular formula is C30H36IN3O4S. The molecule has 0 aliphatic rings. The second kappa shape index (κ2) is 13.9. The Morgan fingerprint density at radius 1 is 0.949 bits per heavy atom. The van der Waals surface area contributed by atoms with Crippen LogP contribution < -0.4 is 9.62 Å². The minimum Gasteiger partial charge on any atom is -0.352 e. The lowest BCUT2D eigenvalue weighted by atomic mass is 10.0. The van der Waals surface area contributed by atoms with E-state index in [0.29, 0.717) is 12.1 Å². The maximum Gasteiger partial charge on any atom is 0.244 e. The molecule has 0 heterocycles. The van der Waals surface area contributed by atoms with Crippen LogP contribution in [-0.2, 0) is 32.6 Å². The van der Waals surface area contributed by atoms with Crippen molar-refractivity contribution in [3.63, 3.8) is 0 Å². The highest BCUT2D eigenvalue weighted by atomic mass is 127. The summed E-state index contributed by atoms with van der Waals surface area (Å²) >= 11 is 2.14. The smallest absolute Gasteiger partial charge is 0.244 e. The average molecular weight is 662 g/mol. The van der Waals surface area contributed by atoms with E-state index in [4.69, 9.17) is 0 Å². The Labute approximate surface area is 245 Å². The van der Waals surface area contributed by atoms with E-state index < -0.39 is 28.5 Å². The number of aryl methyl sites for hydroxylation is 1. The fourth-order valence-electron chi connectivity index (χ4n) is 4.19. The molecule has 0 radical (unpaired) electrons. The van der Waals surface area contributed by atoms with Gasteiger partial charge in [-0.3, -0.25) is 13.9 Å². The number of nitrogens with zero attached hydrogens (tertiary/aromatic N) is 2. The zero-order valence-electron chi connectivity index (χ0n) is 22.8. The molecule has 0 aliphatic heterocycles. The van der Waals surface area contributed by atoms with Crippen molar-refractivity contribution in [1.29, 1.82) is 0 Å². The number of hydrogen-bond acceptors (Lipinski definition) is 4. The Kier molecular flexibility index (Phi) is 10.9. The van der Waals surface area contributed by atoms with Gasteiger partial charge in [0, 0.05) is 22.6 Å². The summed E-state index contributed by atoms with van der Waals surface area (Å²) in [4.78, 5) is 29.3. The van der Waals surface area contributed by atoms with Gasteiger partial charge in [0.15, 0.2) is 0 Å². The van der Waals surface area contributed by atoms with Crippen LogP contribution >= 0.6 is 22.6 Å². The van der Waals surface area contributed by atoms with E-state index in [9.17, 15) is 18.0 Å². The van der Waals surface area contributed by atoms with Gasteiger partial charge >= 0.3 is 0 Å². The van der Waals surface area contributed by atoms with Crippen molar-refractivity contribution in [3.05, 3.63) is 99.1 Å². The molecule has 3 rings (SSSR count). The van der Waals surface area contributed by atoms with E-state index in [0.717, 1.165) is 37.2 Å². The second-order valence-corrected chi connectivity index (χ2v) is 12.9. The predicted octanol–water partition coefficient (Wildman–Crippen LogP) is 4.92. The molecule has 0 spiro atoms. The number of carbonyl (C=O) groups excluding carboxylic acids is 2. The standard InChI is InChI=1S/C30H36IN3O4S/c1-5-23(3)32-30(36)28(19-24-12-7-6-8-13-24)33(20-25-14-10-9-11-22(25)2)29(35)21-34(39(4,37)38)27-17-15-26(31)16-18-27/h6-18,23,28H,5,19-21H2,1-4H3,(H,32,36)/t23-,28+/m0/s1. The minimum absolute atomic E-state index is 0.0782. The highest BCUT2D eigenvalue weighted by molar-refractivity contribution is 14.1. The second-order valence-electron chi connectivity index (χ2n) is 9.72. The van der Waals surface area contributed by atoms with Gasteiger partial charge in [-0.1, -0.05) is 61.5 Å². The fourth-order valence-corrected chi connectivity index (χ4v) is 5.40. The summed E-state index contributed by atoms with van der Waals surface area (Å²) in [5.41, 5.74) is 3.17. The van der Waals surface area contributed by atoms with E-state index in [2.05, 4.69) is 27.9 Å². The lowest BCUT2D eigenvalue weighted by Gasteiger charge is -2.34. The number of anilines is 1. The number of rotatable bonds is 12. The Morgan fingerprint density at radius 3 is 2.15 bits per heavy atom. The quantitative estimate of drug-likeness (QED) is 0.280. The van der Waals surface area contributed by atoms with Gasteiger partial charge in [-0.05, 0) is 83.8 Å². The molecule has 0 unspecified atom stereocenters. The molecule has 7 nitrogen and oxygen atoms in total. The van der Waals surface area contributed by atoms with Crippen LogP contribution in [0, 0.1) is 10.5 Å². The molecule has 0 saturated carbocycles. The van der Waals surface area contributed by atoms with Crippen LogP contribution in [0.1, 0.15) is 37.0 Å². The van der Waals surface area contributed by atoms with Crippen molar-refractivity contribution >= 4 is 50.1 Å². The van der Waals surface area contributed by atoms with Crippen LogP contribution in [0.25, 0.3) is 0 Å². The molecule has 0 fully saturated rings. The first kappa shape index (κ1) is 30.6. The number of amides is 2. The molecular weight excluding hydrogens is 625 g/mol. The number of nitrogens with one attached hydrogen (secondary N) is 1. The molecule has 3 aromatic rings. The highest BCUT2D eigenvalue weighted by Crippen LogP contribution is 2.22. The van der Waals surface area contributed by atoms with Crippen LogP contribution in [0.2, 0.25) is 0 Å². The number of benzene rings is 3. The average Bonchev–Trinajstić information content (AvgIpc) is 2.90.